The number of benzene rings is 1. The van der Waals surface area contributed by atoms with Crippen LogP contribution in [0.25, 0.3) is 4.85 Å². The van der Waals surface area contributed by atoms with Crippen molar-refractivity contribution in [2.75, 3.05) is 63.2 Å². The molecule has 2 aromatic heterocycles. The van der Waals surface area contributed by atoms with Crippen molar-refractivity contribution in [3.63, 3.8) is 0 Å². The van der Waals surface area contributed by atoms with Crippen LogP contribution in [0.5, 0.6) is 6.01 Å². The number of fused-ring (bicyclic) bond motifs is 4. The number of hydrogen-bond donors (Lipinski definition) is 0. The topological polar surface area (TPSA) is 104 Å². The molecule has 1 amide bonds. The van der Waals surface area contributed by atoms with Gasteiger partial charge in [-0.15, -0.1) is 0 Å². The number of alkyl halides is 1. The number of carbonyl (C=O) groups excluding carboxylic acids is 2. The van der Waals surface area contributed by atoms with Crippen LogP contribution >= 0.6 is 11.6 Å². The lowest BCUT2D eigenvalue weighted by atomic mass is 9.64. The van der Waals surface area contributed by atoms with Crippen molar-refractivity contribution in [1.29, 1.82) is 0 Å². The van der Waals surface area contributed by atoms with Crippen LogP contribution in [-0.4, -0.2) is 106 Å². The molecule has 8 rings (SSSR count). The predicted molar refractivity (Wildman–Crippen MR) is 181 cm³/mol. The number of amides is 1. The maximum absolute atomic E-state index is 14.6. The van der Waals surface area contributed by atoms with Gasteiger partial charge in [0.1, 0.15) is 30.2 Å². The van der Waals surface area contributed by atoms with Gasteiger partial charge in [-0.3, -0.25) is 19.2 Å². The Labute approximate surface area is 289 Å². The fourth-order valence-corrected chi connectivity index (χ4v) is 8.90. The maximum atomic E-state index is 14.6. The molecular formula is C35H39ClFN9O3. The highest BCUT2D eigenvalue weighted by Gasteiger charge is 2.54. The molecule has 0 N–H and O–H groups in total. The third-order valence-corrected chi connectivity index (χ3v) is 11.5. The highest BCUT2D eigenvalue weighted by Crippen LogP contribution is 2.48. The van der Waals surface area contributed by atoms with E-state index in [0.29, 0.717) is 69.3 Å². The van der Waals surface area contributed by atoms with Crippen molar-refractivity contribution >= 4 is 40.6 Å². The van der Waals surface area contributed by atoms with E-state index in [1.54, 1.807) is 18.8 Å². The van der Waals surface area contributed by atoms with Crippen LogP contribution < -0.4 is 14.5 Å². The lowest BCUT2D eigenvalue weighted by molar-refractivity contribution is -0.126. The Hall–Kier alpha value is -4.28. The summed E-state index contributed by atoms with van der Waals surface area (Å²) in [5.74, 6) is 0.734. The number of anilines is 2. The summed E-state index contributed by atoms with van der Waals surface area (Å²) in [4.78, 5) is 47.6. The number of ether oxygens (including phenoxy) is 1. The zero-order valence-corrected chi connectivity index (χ0v) is 28.5. The van der Waals surface area contributed by atoms with Crippen LogP contribution in [0.1, 0.15) is 59.4 Å². The minimum absolute atomic E-state index is 0.115. The van der Waals surface area contributed by atoms with Gasteiger partial charge in [-0.05, 0) is 43.4 Å². The molecule has 12 nitrogen and oxygen atoms in total. The third kappa shape index (κ3) is 5.14. The normalized spacial score (nSPS) is 24.1. The smallest absolute Gasteiger partial charge is 0.317 e. The molecular weight excluding hydrogens is 649 g/mol. The van der Waals surface area contributed by atoms with E-state index in [-0.39, 0.29) is 47.3 Å². The van der Waals surface area contributed by atoms with Crippen molar-refractivity contribution in [2.24, 2.45) is 0 Å². The molecule has 256 valence electrons. The summed E-state index contributed by atoms with van der Waals surface area (Å²) in [5.41, 5.74) is 2.30. The Morgan fingerprint density at radius 3 is 2.67 bits per heavy atom. The zero-order chi connectivity index (χ0) is 34.1. The Balaban J connectivity index is 1.17. The molecule has 1 aromatic carbocycles. The van der Waals surface area contributed by atoms with Gasteiger partial charge >= 0.3 is 6.01 Å². The number of halogens is 2. The summed E-state index contributed by atoms with van der Waals surface area (Å²) in [7, 11) is 3.31. The van der Waals surface area contributed by atoms with Gasteiger partial charge in [-0.1, -0.05) is 35.9 Å². The number of aromatic nitrogens is 4. The summed E-state index contributed by atoms with van der Waals surface area (Å²) in [6.45, 7) is 12.0. The minimum Gasteiger partial charge on any atom is -0.461 e. The monoisotopic (exact) mass is 687 g/mol. The quantitative estimate of drug-likeness (QED) is 0.353. The first kappa shape index (κ1) is 32.0. The number of rotatable bonds is 6. The lowest BCUT2D eigenvalue weighted by Crippen LogP contribution is -2.65. The number of hydrogen-bond acceptors (Lipinski definition) is 9. The maximum Gasteiger partial charge on any atom is 0.317 e. The molecule has 0 radical (unpaired) electrons. The highest BCUT2D eigenvalue weighted by atomic mass is 35.5. The molecule has 3 saturated heterocycles. The minimum atomic E-state index is -0.899. The van der Waals surface area contributed by atoms with Gasteiger partial charge in [0.05, 0.1) is 34.8 Å². The van der Waals surface area contributed by atoms with Crippen LogP contribution in [0, 0.1) is 6.57 Å². The lowest BCUT2D eigenvalue weighted by Gasteiger charge is -2.52. The highest BCUT2D eigenvalue weighted by molar-refractivity contribution is 6.34. The fraction of sp³-hybridized carbons (Fsp3) is 0.543. The number of nitrogens with zero attached hydrogens (tertiary/aromatic N) is 9. The Morgan fingerprint density at radius 2 is 1.90 bits per heavy atom. The van der Waals surface area contributed by atoms with Crippen molar-refractivity contribution in [1.82, 2.24) is 29.5 Å². The van der Waals surface area contributed by atoms with Gasteiger partial charge in [0.15, 0.2) is 5.69 Å². The SMILES string of the molecule is [C-]#[N+]c1c(N2CCCn3nc(C(=O)N(C)C)c(Cl)c3C2)nc(OC[C@@]23CCCN2C[C@H](F)C3)nc1N1CC2(C1)C(=O)CCc1ccccc12. The summed E-state index contributed by atoms with van der Waals surface area (Å²) in [6.07, 6.45) is 3.21. The summed E-state index contributed by atoms with van der Waals surface area (Å²) in [5, 5.41) is 4.82. The van der Waals surface area contributed by atoms with E-state index in [1.165, 1.54) is 10.5 Å². The third-order valence-electron chi connectivity index (χ3n) is 11.1. The Morgan fingerprint density at radius 1 is 1.12 bits per heavy atom. The molecule has 14 heteroatoms. The molecule has 4 aliphatic heterocycles. The second kappa shape index (κ2) is 11.9. The van der Waals surface area contributed by atoms with Crippen molar-refractivity contribution < 1.29 is 18.7 Å². The van der Waals surface area contributed by atoms with Crippen LogP contribution in [0.15, 0.2) is 24.3 Å². The van der Waals surface area contributed by atoms with Crippen LogP contribution in [0.3, 0.4) is 0 Å². The molecule has 2 atom stereocenters. The number of carbonyl (C=O) groups is 2. The first-order chi connectivity index (χ1) is 23.6. The van der Waals surface area contributed by atoms with Crippen LogP contribution in [0.4, 0.5) is 21.7 Å². The van der Waals surface area contributed by atoms with Gasteiger partial charge in [-0.2, -0.15) is 15.1 Å². The summed E-state index contributed by atoms with van der Waals surface area (Å²) < 4.78 is 22.8. The van der Waals surface area contributed by atoms with Crippen LogP contribution in [0.2, 0.25) is 5.02 Å². The van der Waals surface area contributed by atoms with Crippen molar-refractivity contribution in [3.05, 3.63) is 63.2 Å². The zero-order valence-electron chi connectivity index (χ0n) is 27.8. The van der Waals surface area contributed by atoms with E-state index in [9.17, 15) is 14.0 Å². The number of ketones is 1. The Bertz CT molecular complexity index is 1890. The van der Waals surface area contributed by atoms with Crippen molar-refractivity contribution in [3.8, 4) is 6.01 Å². The fourth-order valence-electron chi connectivity index (χ4n) is 8.62. The number of Topliss-reactive ketones (excluding diaryl/α,β-unsaturated/α-hetero) is 1. The second-order valence-electron chi connectivity index (χ2n) is 14.3. The predicted octanol–water partition coefficient (Wildman–Crippen LogP) is 4.22. The first-order valence-corrected chi connectivity index (χ1v) is 17.4. The molecule has 0 unspecified atom stereocenters. The van der Waals surface area contributed by atoms with E-state index >= 15 is 0 Å². The Kier molecular flexibility index (Phi) is 7.79. The first-order valence-electron chi connectivity index (χ1n) is 17.0. The van der Waals surface area contributed by atoms with E-state index in [0.717, 1.165) is 31.4 Å². The molecule has 1 aliphatic carbocycles. The standard InChI is InChI=1S/C35H39ClFN9O3/c1-38-29-30(43-13-7-15-46-25(18-43)27(36)28(41-46)32(48)42(2)3)39-33(49-21-34-12-6-14-45(34)17-23(37)16-34)40-31(29)44-19-35(20-44)24-9-5-4-8-22(24)10-11-26(35)47/h4-5,8-9,23H,6-7,10-21H2,2-3H3/t23-,34+/m1/s1. The average molecular weight is 688 g/mol. The summed E-state index contributed by atoms with van der Waals surface area (Å²) in [6, 6.07) is 8.24. The molecule has 3 fully saturated rings. The van der Waals surface area contributed by atoms with E-state index < -0.39 is 17.1 Å². The van der Waals surface area contributed by atoms with Gasteiger partial charge in [0.25, 0.3) is 11.6 Å². The number of aryl methyl sites for hydroxylation is 2. The second-order valence-corrected chi connectivity index (χ2v) is 14.7. The largest absolute Gasteiger partial charge is 0.461 e. The van der Waals surface area contributed by atoms with Crippen LogP contribution in [-0.2, 0) is 29.7 Å². The van der Waals surface area contributed by atoms with Crippen molar-refractivity contribution in [2.45, 2.75) is 68.7 Å². The molecule has 5 aliphatic rings. The summed E-state index contributed by atoms with van der Waals surface area (Å²) >= 11 is 6.80. The van der Waals surface area contributed by atoms with Gasteiger partial charge in [0, 0.05) is 59.7 Å². The molecule has 6 heterocycles. The molecule has 0 saturated carbocycles. The van der Waals surface area contributed by atoms with Gasteiger partial charge < -0.3 is 19.4 Å². The van der Waals surface area contributed by atoms with E-state index in [1.807, 2.05) is 28.0 Å². The average Bonchev–Trinajstić information content (AvgIpc) is 3.64. The van der Waals surface area contributed by atoms with Gasteiger partial charge in [-0.25, -0.2) is 9.24 Å². The molecule has 49 heavy (non-hydrogen) atoms. The van der Waals surface area contributed by atoms with Gasteiger partial charge in [0.2, 0.25) is 0 Å². The molecule has 1 spiro atoms. The van der Waals surface area contributed by atoms with E-state index in [4.69, 9.17) is 32.9 Å². The molecule has 3 aromatic rings. The van der Waals surface area contributed by atoms with E-state index in [2.05, 4.69) is 20.9 Å². The molecule has 0 bridgehead atoms.